The van der Waals surface area contributed by atoms with E-state index in [0.29, 0.717) is 40.9 Å². The van der Waals surface area contributed by atoms with Gasteiger partial charge in [0.05, 0.1) is 25.7 Å². The zero-order valence-corrected chi connectivity index (χ0v) is 18.4. The number of aryl methyl sites for hydroxylation is 1. The SMILES string of the molecule is COc1ccc(-c2nc(CSCC(=O)N[C@H]3CCCC[C@H]3C)c(C)o2)cc1OC. The summed E-state index contributed by atoms with van der Waals surface area (Å²) in [6.45, 7) is 4.13. The number of thioether (sulfide) groups is 1. The van der Waals surface area contributed by atoms with Gasteiger partial charge >= 0.3 is 0 Å². The number of hydrogen-bond donors (Lipinski definition) is 1. The fraction of sp³-hybridized carbons (Fsp3) is 0.545. The second kappa shape index (κ2) is 10.1. The van der Waals surface area contributed by atoms with Crippen LogP contribution >= 0.6 is 11.8 Å². The zero-order chi connectivity index (χ0) is 20.8. The van der Waals surface area contributed by atoms with Crippen LogP contribution in [0.15, 0.2) is 22.6 Å². The van der Waals surface area contributed by atoms with Gasteiger partial charge in [0.2, 0.25) is 11.8 Å². The molecule has 7 heteroatoms. The fourth-order valence-corrected chi connectivity index (χ4v) is 4.51. The Bertz CT molecular complexity index is 836. The number of benzene rings is 1. The normalized spacial score (nSPS) is 19.0. The van der Waals surface area contributed by atoms with Gasteiger partial charge in [0.1, 0.15) is 5.76 Å². The maximum atomic E-state index is 12.3. The summed E-state index contributed by atoms with van der Waals surface area (Å²) in [5.41, 5.74) is 1.68. The van der Waals surface area contributed by atoms with Gasteiger partial charge in [-0.2, -0.15) is 0 Å². The molecule has 158 valence electrons. The van der Waals surface area contributed by atoms with Crippen LogP contribution in [0.5, 0.6) is 11.5 Å². The van der Waals surface area contributed by atoms with Crippen molar-refractivity contribution in [2.45, 2.75) is 51.3 Å². The lowest BCUT2D eigenvalue weighted by atomic mass is 9.86. The second-order valence-corrected chi connectivity index (χ2v) is 8.51. The molecule has 2 aromatic rings. The van der Waals surface area contributed by atoms with Crippen LogP contribution in [0, 0.1) is 12.8 Å². The van der Waals surface area contributed by atoms with E-state index in [1.165, 1.54) is 19.3 Å². The van der Waals surface area contributed by atoms with Crippen molar-refractivity contribution >= 4 is 17.7 Å². The molecule has 1 aliphatic carbocycles. The number of hydrogen-bond acceptors (Lipinski definition) is 6. The first kappa shape index (κ1) is 21.6. The standard InChI is InChI=1S/C22H30N2O4S/c1-14-7-5-6-8-17(14)23-21(25)13-29-12-18-15(2)28-22(24-18)16-9-10-19(26-3)20(11-16)27-4/h9-11,14,17H,5-8,12-13H2,1-4H3,(H,23,25)/t14-,17+/m1/s1. The largest absolute Gasteiger partial charge is 0.493 e. The number of nitrogens with zero attached hydrogens (tertiary/aromatic N) is 1. The van der Waals surface area contributed by atoms with Crippen molar-refractivity contribution in [2.75, 3.05) is 20.0 Å². The van der Waals surface area contributed by atoms with Crippen molar-refractivity contribution < 1.29 is 18.7 Å². The van der Waals surface area contributed by atoms with Crippen molar-refractivity contribution in [2.24, 2.45) is 5.92 Å². The van der Waals surface area contributed by atoms with Crippen LogP contribution < -0.4 is 14.8 Å². The highest BCUT2D eigenvalue weighted by Crippen LogP contribution is 2.33. The lowest BCUT2D eigenvalue weighted by molar-refractivity contribution is -0.119. The number of aromatic nitrogens is 1. The third-order valence-corrected chi connectivity index (χ3v) is 6.40. The zero-order valence-electron chi connectivity index (χ0n) is 17.6. The van der Waals surface area contributed by atoms with Gasteiger partial charge in [0.25, 0.3) is 0 Å². The molecule has 1 fully saturated rings. The lowest BCUT2D eigenvalue weighted by Gasteiger charge is -2.29. The van der Waals surface area contributed by atoms with Crippen LogP contribution in [-0.4, -0.2) is 36.9 Å². The first-order chi connectivity index (χ1) is 14.0. The van der Waals surface area contributed by atoms with Crippen molar-refractivity contribution in [3.8, 4) is 23.0 Å². The first-order valence-corrected chi connectivity index (χ1v) is 11.2. The van der Waals surface area contributed by atoms with Crippen molar-refractivity contribution in [1.29, 1.82) is 0 Å². The summed E-state index contributed by atoms with van der Waals surface area (Å²) in [5.74, 6) is 4.34. The van der Waals surface area contributed by atoms with Crippen LogP contribution in [0.2, 0.25) is 0 Å². The van der Waals surface area contributed by atoms with Gasteiger partial charge in [0, 0.05) is 17.4 Å². The van der Waals surface area contributed by atoms with Gasteiger partial charge in [0.15, 0.2) is 11.5 Å². The van der Waals surface area contributed by atoms with Crippen LogP contribution in [0.4, 0.5) is 0 Å². The van der Waals surface area contributed by atoms with Gasteiger partial charge < -0.3 is 19.2 Å². The van der Waals surface area contributed by atoms with E-state index >= 15 is 0 Å². The van der Waals surface area contributed by atoms with E-state index in [2.05, 4.69) is 17.2 Å². The van der Waals surface area contributed by atoms with E-state index in [4.69, 9.17) is 13.9 Å². The van der Waals surface area contributed by atoms with Gasteiger partial charge in [-0.3, -0.25) is 4.79 Å². The number of methoxy groups -OCH3 is 2. The highest BCUT2D eigenvalue weighted by Gasteiger charge is 2.22. The van der Waals surface area contributed by atoms with E-state index in [-0.39, 0.29) is 5.91 Å². The summed E-state index contributed by atoms with van der Waals surface area (Å²) in [5, 5.41) is 3.19. The molecule has 0 unspecified atom stereocenters. The van der Waals surface area contributed by atoms with Gasteiger partial charge in [-0.05, 0) is 43.9 Å². The average Bonchev–Trinajstić information content (AvgIpc) is 3.09. The molecule has 29 heavy (non-hydrogen) atoms. The van der Waals surface area contributed by atoms with Crippen molar-refractivity contribution in [3.05, 3.63) is 29.7 Å². The van der Waals surface area contributed by atoms with Crippen LogP contribution in [0.25, 0.3) is 11.5 Å². The highest BCUT2D eigenvalue weighted by molar-refractivity contribution is 7.99. The molecular weight excluding hydrogens is 388 g/mol. The smallest absolute Gasteiger partial charge is 0.230 e. The molecular formula is C22H30N2O4S. The molecule has 1 N–H and O–H groups in total. The molecule has 6 nitrogen and oxygen atoms in total. The number of carbonyl (C=O) groups is 1. The Morgan fingerprint density at radius 3 is 2.72 bits per heavy atom. The summed E-state index contributed by atoms with van der Waals surface area (Å²) >= 11 is 1.56. The minimum atomic E-state index is 0.106. The van der Waals surface area contributed by atoms with Gasteiger partial charge in [-0.15, -0.1) is 11.8 Å². The summed E-state index contributed by atoms with van der Waals surface area (Å²) in [4.78, 5) is 16.9. The minimum absolute atomic E-state index is 0.106. The van der Waals surface area contributed by atoms with Crippen LogP contribution in [-0.2, 0) is 10.5 Å². The Morgan fingerprint density at radius 1 is 1.24 bits per heavy atom. The molecule has 1 saturated carbocycles. The number of amides is 1. The predicted octanol–water partition coefficient (Wildman–Crippen LogP) is 4.60. The van der Waals surface area contributed by atoms with Crippen molar-refractivity contribution in [1.82, 2.24) is 10.3 Å². The summed E-state index contributed by atoms with van der Waals surface area (Å²) < 4.78 is 16.5. The average molecular weight is 419 g/mol. The molecule has 1 aliphatic rings. The van der Waals surface area contributed by atoms with Gasteiger partial charge in [-0.1, -0.05) is 19.8 Å². The van der Waals surface area contributed by atoms with E-state index in [1.807, 2.05) is 25.1 Å². The Kier molecular flexibility index (Phi) is 7.47. The Balaban J connectivity index is 1.56. The number of ether oxygens (including phenoxy) is 2. The van der Waals surface area contributed by atoms with E-state index in [0.717, 1.165) is 23.4 Å². The molecule has 0 spiro atoms. The third-order valence-electron chi connectivity index (χ3n) is 5.45. The monoisotopic (exact) mass is 418 g/mol. The molecule has 1 aromatic carbocycles. The molecule has 1 amide bonds. The maximum absolute atomic E-state index is 12.3. The van der Waals surface area contributed by atoms with E-state index in [1.54, 1.807) is 26.0 Å². The summed E-state index contributed by atoms with van der Waals surface area (Å²) in [6.07, 6.45) is 4.78. The lowest BCUT2D eigenvalue weighted by Crippen LogP contribution is -2.41. The highest BCUT2D eigenvalue weighted by atomic mass is 32.2. The van der Waals surface area contributed by atoms with Crippen molar-refractivity contribution in [3.63, 3.8) is 0 Å². The van der Waals surface area contributed by atoms with E-state index < -0.39 is 0 Å². The first-order valence-electron chi connectivity index (χ1n) is 10.1. The predicted molar refractivity (Wildman–Crippen MR) is 116 cm³/mol. The third kappa shape index (κ3) is 5.47. The van der Waals surface area contributed by atoms with Crippen LogP contribution in [0.1, 0.15) is 44.1 Å². The molecule has 0 saturated heterocycles. The molecule has 0 aliphatic heterocycles. The molecule has 0 radical (unpaired) electrons. The number of nitrogens with one attached hydrogen (secondary N) is 1. The van der Waals surface area contributed by atoms with E-state index in [9.17, 15) is 4.79 Å². The fourth-order valence-electron chi connectivity index (χ4n) is 3.67. The minimum Gasteiger partial charge on any atom is -0.493 e. The molecule has 1 heterocycles. The second-order valence-electron chi connectivity index (χ2n) is 7.52. The quantitative estimate of drug-likeness (QED) is 0.676. The maximum Gasteiger partial charge on any atom is 0.230 e. The number of oxazole rings is 1. The number of carbonyl (C=O) groups excluding carboxylic acids is 1. The van der Waals surface area contributed by atoms with Gasteiger partial charge in [-0.25, -0.2) is 4.98 Å². The summed E-state index contributed by atoms with van der Waals surface area (Å²) in [6, 6.07) is 5.89. The number of rotatable bonds is 8. The molecule has 0 bridgehead atoms. The molecule has 2 atom stereocenters. The molecule has 1 aromatic heterocycles. The Labute approximate surface area is 176 Å². The Morgan fingerprint density at radius 2 is 2.00 bits per heavy atom. The summed E-state index contributed by atoms with van der Waals surface area (Å²) in [7, 11) is 3.21. The topological polar surface area (TPSA) is 73.6 Å². The molecule has 3 rings (SSSR count). The van der Waals surface area contributed by atoms with Crippen LogP contribution in [0.3, 0.4) is 0 Å². The Hall–Kier alpha value is -2.15.